The van der Waals surface area contributed by atoms with Crippen molar-refractivity contribution in [3.05, 3.63) is 59.7 Å². The lowest BCUT2D eigenvalue weighted by atomic mass is 9.87. The molecule has 0 bridgehead atoms. The maximum Gasteiger partial charge on any atom is 0.180 e. The highest BCUT2D eigenvalue weighted by atomic mass is 32.2. The van der Waals surface area contributed by atoms with Crippen LogP contribution in [0.15, 0.2) is 53.4 Å². The number of carbonyl (C=O) groups is 1. The van der Waals surface area contributed by atoms with Crippen molar-refractivity contribution in [2.45, 2.75) is 49.6 Å². The molecule has 0 saturated heterocycles. The average molecular weight is 402 g/mol. The van der Waals surface area contributed by atoms with E-state index < -0.39 is 15.4 Å². The topological polar surface area (TPSA) is 72.5 Å². The van der Waals surface area contributed by atoms with Crippen LogP contribution in [0.4, 0.5) is 0 Å². The number of nitrogens with one attached hydrogen (secondary N) is 1. The van der Waals surface area contributed by atoms with Gasteiger partial charge in [-0.1, -0.05) is 44.2 Å². The zero-order valence-electron chi connectivity index (χ0n) is 16.6. The number of hydrogen-bond acceptors (Lipinski definition) is 5. The lowest BCUT2D eigenvalue weighted by molar-refractivity contribution is -0.120. The highest BCUT2D eigenvalue weighted by molar-refractivity contribution is 7.91. The zero-order chi connectivity index (χ0) is 20.4. The summed E-state index contributed by atoms with van der Waals surface area (Å²) in [6.45, 7) is 3.75. The van der Waals surface area contributed by atoms with Gasteiger partial charge in [0.1, 0.15) is 11.5 Å². The van der Waals surface area contributed by atoms with Gasteiger partial charge >= 0.3 is 0 Å². The monoisotopic (exact) mass is 401 g/mol. The Morgan fingerprint density at radius 2 is 1.89 bits per heavy atom. The van der Waals surface area contributed by atoms with Crippen molar-refractivity contribution in [1.82, 2.24) is 5.32 Å². The molecule has 0 saturated carbocycles. The molecule has 0 spiro atoms. The van der Waals surface area contributed by atoms with Crippen LogP contribution < -0.4 is 10.1 Å². The van der Waals surface area contributed by atoms with Crippen molar-refractivity contribution >= 4 is 15.6 Å². The maximum atomic E-state index is 13.3. The van der Waals surface area contributed by atoms with Crippen LogP contribution in [0.1, 0.15) is 50.3 Å². The molecule has 2 aromatic rings. The SMILES string of the molecule is CCC(=O)C[C@@]1(CC)CS(=O)(=O)c2ccc(OC)cc2[C@H](c2ccccc2)N1. The Morgan fingerprint density at radius 1 is 1.18 bits per heavy atom. The van der Waals surface area contributed by atoms with Crippen molar-refractivity contribution < 1.29 is 17.9 Å². The first-order chi connectivity index (χ1) is 13.3. The molecule has 0 unspecified atom stereocenters. The molecule has 1 aliphatic heterocycles. The molecule has 5 nitrogen and oxygen atoms in total. The van der Waals surface area contributed by atoms with E-state index in [0.29, 0.717) is 29.1 Å². The van der Waals surface area contributed by atoms with Crippen LogP contribution in [0.2, 0.25) is 0 Å². The summed E-state index contributed by atoms with van der Waals surface area (Å²) in [5.41, 5.74) is 0.791. The lowest BCUT2D eigenvalue weighted by Crippen LogP contribution is -2.51. The molecule has 6 heteroatoms. The van der Waals surface area contributed by atoms with Crippen LogP contribution in [0, 0.1) is 0 Å². The molecular formula is C22H27NO4S. The third-order valence-corrected chi connectivity index (χ3v) is 7.49. The highest BCUT2D eigenvalue weighted by Crippen LogP contribution is 2.39. The fourth-order valence-corrected chi connectivity index (χ4v) is 5.96. The molecule has 1 aliphatic rings. The Hall–Kier alpha value is -2.18. The van der Waals surface area contributed by atoms with Crippen molar-refractivity contribution in [2.24, 2.45) is 0 Å². The molecule has 0 fully saturated rings. The Kier molecular flexibility index (Phi) is 5.91. The van der Waals surface area contributed by atoms with E-state index in [-0.39, 0.29) is 24.0 Å². The Bertz CT molecular complexity index is 956. The summed E-state index contributed by atoms with van der Waals surface area (Å²) in [6, 6.07) is 14.5. The molecule has 2 aromatic carbocycles. The molecule has 3 rings (SSSR count). The van der Waals surface area contributed by atoms with E-state index in [0.717, 1.165) is 5.56 Å². The van der Waals surface area contributed by atoms with Crippen molar-refractivity contribution in [2.75, 3.05) is 12.9 Å². The second-order valence-corrected chi connectivity index (χ2v) is 9.31. The van der Waals surface area contributed by atoms with Gasteiger partial charge in [-0.3, -0.25) is 10.1 Å². The molecule has 150 valence electrons. The predicted octanol–water partition coefficient (Wildman–Crippen LogP) is 3.68. The Labute approximate surface area is 167 Å². The summed E-state index contributed by atoms with van der Waals surface area (Å²) < 4.78 is 32.0. The number of ketones is 1. The molecule has 28 heavy (non-hydrogen) atoms. The lowest BCUT2D eigenvalue weighted by Gasteiger charge is -2.35. The number of rotatable bonds is 6. The normalized spacial score (nSPS) is 23.5. The number of methoxy groups -OCH3 is 1. The largest absolute Gasteiger partial charge is 0.497 e. The standard InChI is InChI=1S/C22H27NO4S/c1-4-17(24)14-22(5-2)15-28(25,26)20-12-11-18(27-3)13-19(20)21(23-22)16-9-7-6-8-10-16/h6-13,21,23H,4-5,14-15H2,1-3H3/t21-,22-/m0/s1. The first-order valence-corrected chi connectivity index (χ1v) is 11.2. The number of fused-ring (bicyclic) bond motifs is 1. The van der Waals surface area contributed by atoms with Crippen molar-refractivity contribution in [1.29, 1.82) is 0 Å². The first kappa shape index (κ1) is 20.6. The molecule has 0 amide bonds. The van der Waals surface area contributed by atoms with Crippen LogP contribution in [0.5, 0.6) is 5.75 Å². The molecular weight excluding hydrogens is 374 g/mol. The summed E-state index contributed by atoms with van der Waals surface area (Å²) in [5.74, 6) is 0.551. The average Bonchev–Trinajstić information content (AvgIpc) is 2.80. The van der Waals surface area contributed by atoms with Crippen molar-refractivity contribution in [3.8, 4) is 5.75 Å². The van der Waals surface area contributed by atoms with E-state index in [1.807, 2.05) is 44.2 Å². The van der Waals surface area contributed by atoms with Gasteiger partial charge in [-0.2, -0.15) is 0 Å². The number of carbonyl (C=O) groups excluding carboxylic acids is 1. The van der Waals surface area contributed by atoms with E-state index in [1.54, 1.807) is 25.3 Å². The van der Waals surface area contributed by atoms with Gasteiger partial charge in [-0.25, -0.2) is 8.42 Å². The van der Waals surface area contributed by atoms with Crippen LogP contribution in [0.25, 0.3) is 0 Å². The van der Waals surface area contributed by atoms with Gasteiger partial charge in [0.25, 0.3) is 0 Å². The second kappa shape index (κ2) is 8.05. The third-order valence-electron chi connectivity index (χ3n) is 5.52. The number of ether oxygens (including phenoxy) is 1. The fourth-order valence-electron chi connectivity index (χ4n) is 3.87. The zero-order valence-corrected chi connectivity index (χ0v) is 17.4. The number of Topliss-reactive ketones (excluding diaryl/α,β-unsaturated/α-hetero) is 1. The van der Waals surface area contributed by atoms with Crippen LogP contribution in [0.3, 0.4) is 0 Å². The second-order valence-electron chi connectivity index (χ2n) is 7.35. The van der Waals surface area contributed by atoms with Gasteiger partial charge in [0.2, 0.25) is 0 Å². The smallest absolute Gasteiger partial charge is 0.180 e. The van der Waals surface area contributed by atoms with Gasteiger partial charge in [0.15, 0.2) is 9.84 Å². The maximum absolute atomic E-state index is 13.3. The van der Waals surface area contributed by atoms with Gasteiger partial charge < -0.3 is 4.74 Å². The quantitative estimate of drug-likeness (QED) is 0.799. The number of hydrogen-bond donors (Lipinski definition) is 1. The summed E-state index contributed by atoms with van der Waals surface area (Å²) in [6.07, 6.45) is 1.11. The minimum absolute atomic E-state index is 0.0555. The van der Waals surface area contributed by atoms with Gasteiger partial charge in [-0.05, 0) is 35.7 Å². The summed E-state index contributed by atoms with van der Waals surface area (Å²) in [5, 5.41) is 3.57. The minimum atomic E-state index is -3.59. The van der Waals surface area contributed by atoms with Gasteiger partial charge in [-0.15, -0.1) is 0 Å². The van der Waals surface area contributed by atoms with Crippen LogP contribution in [-0.4, -0.2) is 32.6 Å². The number of benzene rings is 2. The summed E-state index contributed by atoms with van der Waals surface area (Å²) in [7, 11) is -2.02. The minimum Gasteiger partial charge on any atom is -0.497 e. The predicted molar refractivity (Wildman–Crippen MR) is 109 cm³/mol. The fraction of sp³-hybridized carbons (Fsp3) is 0.409. The molecule has 0 aromatic heterocycles. The molecule has 0 radical (unpaired) electrons. The van der Waals surface area contributed by atoms with Crippen molar-refractivity contribution in [3.63, 3.8) is 0 Å². The van der Waals surface area contributed by atoms with E-state index >= 15 is 0 Å². The first-order valence-electron chi connectivity index (χ1n) is 9.59. The van der Waals surface area contributed by atoms with Gasteiger partial charge in [0, 0.05) is 18.4 Å². The number of sulfone groups is 1. The van der Waals surface area contributed by atoms with Crippen LogP contribution in [-0.2, 0) is 14.6 Å². The summed E-state index contributed by atoms with van der Waals surface area (Å²) in [4.78, 5) is 12.6. The molecule has 1 heterocycles. The Balaban J connectivity index is 2.23. The highest BCUT2D eigenvalue weighted by Gasteiger charge is 2.43. The molecule has 1 N–H and O–H groups in total. The summed E-state index contributed by atoms with van der Waals surface area (Å²) >= 11 is 0. The molecule has 0 aliphatic carbocycles. The van der Waals surface area contributed by atoms with Gasteiger partial charge in [0.05, 0.1) is 23.8 Å². The van der Waals surface area contributed by atoms with E-state index in [4.69, 9.17) is 4.74 Å². The van der Waals surface area contributed by atoms with E-state index in [2.05, 4.69) is 5.32 Å². The van der Waals surface area contributed by atoms with E-state index in [1.165, 1.54) is 0 Å². The van der Waals surface area contributed by atoms with Crippen LogP contribution >= 0.6 is 0 Å². The van der Waals surface area contributed by atoms with E-state index in [9.17, 15) is 13.2 Å². The Morgan fingerprint density at radius 3 is 2.50 bits per heavy atom. The third kappa shape index (κ3) is 3.98. The molecule has 2 atom stereocenters.